The first-order chi connectivity index (χ1) is 7.31. The van der Waals surface area contributed by atoms with E-state index in [0.29, 0.717) is 18.6 Å². The summed E-state index contributed by atoms with van der Waals surface area (Å²) in [6.45, 7) is 5.75. The molecule has 2 aliphatic rings. The minimum atomic E-state index is -0.775. The van der Waals surface area contributed by atoms with Crippen molar-refractivity contribution in [3.63, 3.8) is 0 Å². The molecule has 3 nitrogen and oxygen atoms in total. The maximum atomic E-state index is 11.5. The van der Waals surface area contributed by atoms with Gasteiger partial charge in [0.15, 0.2) is 0 Å². The summed E-state index contributed by atoms with van der Waals surface area (Å²) in [5.41, 5.74) is -0.764. The van der Waals surface area contributed by atoms with Crippen molar-refractivity contribution in [2.45, 2.75) is 70.7 Å². The van der Waals surface area contributed by atoms with Gasteiger partial charge in [-0.15, -0.1) is 0 Å². The maximum absolute atomic E-state index is 11.5. The molecule has 2 fully saturated rings. The van der Waals surface area contributed by atoms with Crippen molar-refractivity contribution in [1.29, 1.82) is 0 Å². The van der Waals surface area contributed by atoms with Crippen LogP contribution < -0.4 is 0 Å². The lowest BCUT2D eigenvalue weighted by molar-refractivity contribution is -0.194. The second-order valence-corrected chi connectivity index (χ2v) is 6.21. The molecule has 16 heavy (non-hydrogen) atoms. The number of fused-ring (bicyclic) bond motifs is 1. The fraction of sp³-hybridized carbons (Fsp3) is 0.923. The third kappa shape index (κ3) is 2.16. The fourth-order valence-electron chi connectivity index (χ4n) is 3.02. The number of Topliss-reactive ketones (excluding diaryl/α,β-unsaturated/α-hetero) is 1. The Morgan fingerprint density at radius 1 is 1.44 bits per heavy atom. The number of hydrogen-bond donors (Lipinski definition) is 1. The first kappa shape index (κ1) is 12.1. The van der Waals surface area contributed by atoms with Crippen LogP contribution in [0.5, 0.6) is 0 Å². The highest BCUT2D eigenvalue weighted by Crippen LogP contribution is 2.46. The van der Waals surface area contributed by atoms with Crippen molar-refractivity contribution >= 4 is 5.78 Å². The van der Waals surface area contributed by atoms with E-state index in [0.717, 1.165) is 19.3 Å². The molecule has 3 heteroatoms. The molecule has 0 bridgehead atoms. The minimum absolute atomic E-state index is 0.0110. The van der Waals surface area contributed by atoms with Gasteiger partial charge in [0, 0.05) is 18.3 Å². The molecule has 1 heterocycles. The van der Waals surface area contributed by atoms with Gasteiger partial charge in [-0.2, -0.15) is 0 Å². The van der Waals surface area contributed by atoms with E-state index in [1.54, 1.807) is 13.8 Å². The fourth-order valence-corrected chi connectivity index (χ4v) is 3.02. The summed E-state index contributed by atoms with van der Waals surface area (Å²) in [5, 5.41) is 9.98. The first-order valence-electron chi connectivity index (χ1n) is 6.21. The van der Waals surface area contributed by atoms with Gasteiger partial charge in [-0.1, -0.05) is 6.92 Å². The number of hydrogen-bond acceptors (Lipinski definition) is 3. The average molecular weight is 226 g/mol. The number of ketones is 1. The van der Waals surface area contributed by atoms with Crippen molar-refractivity contribution in [1.82, 2.24) is 0 Å². The minimum Gasteiger partial charge on any atom is -0.388 e. The first-order valence-corrected chi connectivity index (χ1v) is 6.21. The molecule has 1 saturated heterocycles. The van der Waals surface area contributed by atoms with Crippen LogP contribution in [-0.2, 0) is 9.53 Å². The molecule has 0 spiro atoms. The molecule has 1 aliphatic heterocycles. The Hall–Kier alpha value is -0.410. The lowest BCUT2D eigenvalue weighted by Gasteiger charge is -2.49. The normalized spacial score (nSPS) is 40.6. The van der Waals surface area contributed by atoms with Crippen molar-refractivity contribution in [2.75, 3.05) is 0 Å². The highest BCUT2D eigenvalue weighted by molar-refractivity contribution is 5.80. The summed E-state index contributed by atoms with van der Waals surface area (Å²) < 4.78 is 6.00. The van der Waals surface area contributed by atoms with Crippen LogP contribution in [0.3, 0.4) is 0 Å². The number of carbonyl (C=O) groups excluding carboxylic acids is 1. The topological polar surface area (TPSA) is 46.5 Å². The predicted octanol–water partition coefficient (Wildman–Crippen LogP) is 2.06. The van der Waals surface area contributed by atoms with Crippen LogP contribution >= 0.6 is 0 Å². The Balaban J connectivity index is 2.09. The van der Waals surface area contributed by atoms with Gasteiger partial charge in [0.25, 0.3) is 0 Å². The lowest BCUT2D eigenvalue weighted by Crippen LogP contribution is -2.52. The zero-order valence-electron chi connectivity index (χ0n) is 10.5. The lowest BCUT2D eigenvalue weighted by atomic mass is 9.67. The Morgan fingerprint density at radius 2 is 2.12 bits per heavy atom. The molecule has 0 aromatic heterocycles. The van der Waals surface area contributed by atoms with E-state index in [4.69, 9.17) is 4.74 Å². The smallest absolute Gasteiger partial charge is 0.133 e. The van der Waals surface area contributed by atoms with Gasteiger partial charge >= 0.3 is 0 Å². The average Bonchev–Trinajstić information content (AvgIpc) is 2.14. The van der Waals surface area contributed by atoms with Crippen LogP contribution in [0.1, 0.15) is 52.9 Å². The van der Waals surface area contributed by atoms with E-state index >= 15 is 0 Å². The summed E-state index contributed by atoms with van der Waals surface area (Å²) in [6, 6.07) is 0. The van der Waals surface area contributed by atoms with Gasteiger partial charge in [0.1, 0.15) is 5.78 Å². The molecule has 0 aromatic rings. The Bertz CT molecular complexity index is 292. The van der Waals surface area contributed by atoms with Crippen molar-refractivity contribution in [3.05, 3.63) is 0 Å². The van der Waals surface area contributed by atoms with Gasteiger partial charge in [-0.3, -0.25) is 4.79 Å². The number of ether oxygens (including phenoxy) is 1. The van der Waals surface area contributed by atoms with Crippen LogP contribution in [-0.4, -0.2) is 28.7 Å². The molecule has 92 valence electrons. The van der Waals surface area contributed by atoms with Crippen molar-refractivity contribution < 1.29 is 14.6 Å². The summed E-state index contributed by atoms with van der Waals surface area (Å²) in [5.74, 6) is 0.365. The second-order valence-electron chi connectivity index (χ2n) is 6.21. The molecule has 3 atom stereocenters. The number of carbonyl (C=O) groups is 1. The van der Waals surface area contributed by atoms with Gasteiger partial charge in [0.2, 0.25) is 0 Å². The highest BCUT2D eigenvalue weighted by atomic mass is 16.5. The molecular formula is C13H22O3. The molecule has 0 amide bonds. The van der Waals surface area contributed by atoms with E-state index in [9.17, 15) is 9.90 Å². The third-order valence-corrected chi connectivity index (χ3v) is 4.16. The van der Waals surface area contributed by atoms with Crippen LogP contribution in [0.25, 0.3) is 0 Å². The zero-order valence-corrected chi connectivity index (χ0v) is 10.5. The Kier molecular flexibility index (Phi) is 2.87. The molecule has 2 rings (SSSR count). The zero-order chi connectivity index (χ0) is 12.0. The monoisotopic (exact) mass is 226 g/mol. The molecule has 3 unspecified atom stereocenters. The summed E-state index contributed by atoms with van der Waals surface area (Å²) in [6.07, 6.45) is 4.01. The predicted molar refractivity (Wildman–Crippen MR) is 61.2 cm³/mol. The maximum Gasteiger partial charge on any atom is 0.133 e. The molecule has 1 aliphatic carbocycles. The van der Waals surface area contributed by atoms with E-state index in [2.05, 4.69) is 6.92 Å². The number of aliphatic hydroxyl groups is 1. The van der Waals surface area contributed by atoms with Crippen LogP contribution in [0.4, 0.5) is 0 Å². The third-order valence-electron chi connectivity index (χ3n) is 4.16. The molecule has 0 radical (unpaired) electrons. The van der Waals surface area contributed by atoms with Crippen LogP contribution in [0.15, 0.2) is 0 Å². The highest BCUT2D eigenvalue weighted by Gasteiger charge is 2.47. The summed E-state index contributed by atoms with van der Waals surface area (Å²) >= 11 is 0. The van der Waals surface area contributed by atoms with Gasteiger partial charge < -0.3 is 9.84 Å². The summed E-state index contributed by atoms with van der Waals surface area (Å²) in [7, 11) is 0. The Morgan fingerprint density at radius 3 is 2.75 bits per heavy atom. The molecule has 1 saturated carbocycles. The quantitative estimate of drug-likeness (QED) is 0.744. The molecular weight excluding hydrogens is 204 g/mol. The molecule has 1 N–H and O–H groups in total. The van der Waals surface area contributed by atoms with E-state index < -0.39 is 5.60 Å². The van der Waals surface area contributed by atoms with E-state index in [-0.39, 0.29) is 17.6 Å². The van der Waals surface area contributed by atoms with Crippen molar-refractivity contribution in [2.24, 2.45) is 5.41 Å². The largest absolute Gasteiger partial charge is 0.388 e. The molecule has 0 aromatic carbocycles. The van der Waals surface area contributed by atoms with E-state index in [1.165, 1.54) is 0 Å². The van der Waals surface area contributed by atoms with E-state index in [1.807, 2.05) is 0 Å². The standard InChI is InChI=1S/C13H22O3/c1-12(2,15)10-6-7-13(3)8-9(14)4-5-11(13)16-10/h10-11,15H,4-8H2,1-3H3. The second kappa shape index (κ2) is 3.81. The van der Waals surface area contributed by atoms with Gasteiger partial charge in [-0.25, -0.2) is 0 Å². The van der Waals surface area contributed by atoms with Crippen molar-refractivity contribution in [3.8, 4) is 0 Å². The SMILES string of the molecule is CC(C)(O)C1CCC2(C)CC(=O)CCC2O1. The van der Waals surface area contributed by atoms with Crippen LogP contribution in [0, 0.1) is 5.41 Å². The van der Waals surface area contributed by atoms with Gasteiger partial charge in [-0.05, 0) is 33.1 Å². The summed E-state index contributed by atoms with van der Waals surface area (Å²) in [4.78, 5) is 11.5. The Labute approximate surface area is 97.2 Å². The number of rotatable bonds is 1. The van der Waals surface area contributed by atoms with Gasteiger partial charge in [0.05, 0.1) is 17.8 Å². The van der Waals surface area contributed by atoms with Crippen LogP contribution in [0.2, 0.25) is 0 Å².